The SMILES string of the molecule is CC1(C)OC(C)(C)c2c1nnc(-c1ccc(F)cc1)[n+]2[O-]. The van der Waals surface area contributed by atoms with Crippen molar-refractivity contribution in [3.8, 4) is 11.4 Å². The molecule has 1 aliphatic rings. The van der Waals surface area contributed by atoms with Crippen LogP contribution < -0.4 is 4.73 Å². The van der Waals surface area contributed by atoms with Gasteiger partial charge >= 0.3 is 5.82 Å². The average molecular weight is 289 g/mol. The predicted octanol–water partition coefficient (Wildman–Crippen LogP) is 2.42. The molecule has 1 aromatic carbocycles. The molecule has 3 rings (SSSR count). The fourth-order valence-electron chi connectivity index (χ4n) is 2.83. The summed E-state index contributed by atoms with van der Waals surface area (Å²) < 4.78 is 19.7. The molecule has 1 aromatic heterocycles. The van der Waals surface area contributed by atoms with Crippen LogP contribution in [0.5, 0.6) is 0 Å². The zero-order valence-corrected chi connectivity index (χ0v) is 12.3. The van der Waals surface area contributed by atoms with Crippen molar-refractivity contribution in [2.45, 2.75) is 38.9 Å². The lowest BCUT2D eigenvalue weighted by molar-refractivity contribution is -0.612. The standard InChI is InChI=1S/C15H16FN3O2/c1-14(2)11-12(15(3,4)21-14)19(20)13(18-17-11)9-5-7-10(16)8-6-9/h5-8H,1-4H3. The Bertz CT molecular complexity index is 712. The second-order valence-corrected chi connectivity index (χ2v) is 6.14. The summed E-state index contributed by atoms with van der Waals surface area (Å²) in [5.74, 6) is -0.224. The van der Waals surface area contributed by atoms with Gasteiger partial charge in [0.1, 0.15) is 17.0 Å². The first-order chi connectivity index (χ1) is 9.72. The maximum atomic E-state index is 13.0. The Labute approximate surface area is 122 Å². The zero-order valence-electron chi connectivity index (χ0n) is 12.3. The van der Waals surface area contributed by atoms with E-state index < -0.39 is 11.2 Å². The number of ether oxygens (including phenoxy) is 1. The molecule has 21 heavy (non-hydrogen) atoms. The Morgan fingerprint density at radius 1 is 1.05 bits per heavy atom. The molecule has 110 valence electrons. The fourth-order valence-corrected chi connectivity index (χ4v) is 2.83. The molecule has 2 heterocycles. The number of benzene rings is 1. The largest absolute Gasteiger partial charge is 0.710 e. The van der Waals surface area contributed by atoms with Gasteiger partial charge in [-0.05, 0) is 57.1 Å². The number of nitrogens with zero attached hydrogens (tertiary/aromatic N) is 3. The molecule has 0 radical (unpaired) electrons. The van der Waals surface area contributed by atoms with Crippen molar-refractivity contribution in [1.29, 1.82) is 0 Å². The van der Waals surface area contributed by atoms with E-state index in [1.165, 1.54) is 24.3 Å². The van der Waals surface area contributed by atoms with E-state index in [4.69, 9.17) is 4.74 Å². The Morgan fingerprint density at radius 3 is 2.29 bits per heavy atom. The molecular weight excluding hydrogens is 273 g/mol. The second-order valence-electron chi connectivity index (χ2n) is 6.14. The third kappa shape index (κ3) is 2.06. The molecular formula is C15H16FN3O2. The molecule has 0 saturated heterocycles. The molecule has 6 heteroatoms. The summed E-state index contributed by atoms with van der Waals surface area (Å²) >= 11 is 0. The first kappa shape index (κ1) is 13.9. The number of aromatic nitrogens is 3. The van der Waals surface area contributed by atoms with Crippen molar-refractivity contribution < 1.29 is 13.9 Å². The van der Waals surface area contributed by atoms with Crippen LogP contribution in [0.3, 0.4) is 0 Å². The lowest BCUT2D eigenvalue weighted by Crippen LogP contribution is -2.42. The molecule has 0 spiro atoms. The maximum absolute atomic E-state index is 13.0. The van der Waals surface area contributed by atoms with E-state index in [0.717, 1.165) is 4.73 Å². The Hall–Kier alpha value is -2.08. The summed E-state index contributed by atoms with van der Waals surface area (Å²) in [7, 11) is 0. The van der Waals surface area contributed by atoms with Gasteiger partial charge in [0.25, 0.3) is 0 Å². The van der Waals surface area contributed by atoms with Crippen LogP contribution in [0.1, 0.15) is 39.1 Å². The number of halogens is 1. The number of fused-ring (bicyclic) bond motifs is 1. The van der Waals surface area contributed by atoms with E-state index in [2.05, 4.69) is 10.2 Å². The van der Waals surface area contributed by atoms with Crippen LogP contribution in [0.4, 0.5) is 4.39 Å². The van der Waals surface area contributed by atoms with Gasteiger partial charge in [0.15, 0.2) is 11.4 Å². The molecule has 0 saturated carbocycles. The predicted molar refractivity (Wildman–Crippen MR) is 73.5 cm³/mol. The van der Waals surface area contributed by atoms with Gasteiger partial charge in [-0.25, -0.2) is 9.12 Å². The van der Waals surface area contributed by atoms with Crippen molar-refractivity contribution in [3.63, 3.8) is 0 Å². The van der Waals surface area contributed by atoms with Crippen LogP contribution in [0.25, 0.3) is 11.4 Å². The van der Waals surface area contributed by atoms with Gasteiger partial charge in [0, 0.05) is 0 Å². The van der Waals surface area contributed by atoms with Gasteiger partial charge in [0.2, 0.25) is 0 Å². The summed E-state index contributed by atoms with van der Waals surface area (Å²) in [5, 5.41) is 20.9. The molecule has 5 nitrogen and oxygen atoms in total. The third-order valence-corrected chi connectivity index (χ3v) is 3.62. The molecule has 0 atom stereocenters. The minimum atomic E-state index is -0.759. The van der Waals surface area contributed by atoms with Crippen molar-refractivity contribution in [3.05, 3.63) is 46.7 Å². The van der Waals surface area contributed by atoms with Crippen molar-refractivity contribution in [2.24, 2.45) is 0 Å². The fraction of sp³-hybridized carbons (Fsp3) is 0.400. The molecule has 1 aliphatic heterocycles. The summed E-state index contributed by atoms with van der Waals surface area (Å²) in [6.07, 6.45) is 0. The summed E-state index contributed by atoms with van der Waals surface area (Å²) in [5.41, 5.74) is 0.0716. The molecule has 0 unspecified atom stereocenters. The molecule has 0 aliphatic carbocycles. The van der Waals surface area contributed by atoms with Gasteiger partial charge < -0.3 is 9.94 Å². The molecule has 0 N–H and O–H groups in total. The smallest absolute Gasteiger partial charge is 0.361 e. The maximum Gasteiger partial charge on any atom is 0.361 e. The molecule has 0 fully saturated rings. The van der Waals surface area contributed by atoms with Gasteiger partial charge in [-0.2, -0.15) is 0 Å². The highest BCUT2D eigenvalue weighted by Gasteiger charge is 2.50. The van der Waals surface area contributed by atoms with Gasteiger partial charge in [0.05, 0.1) is 10.7 Å². The van der Waals surface area contributed by atoms with Crippen molar-refractivity contribution in [2.75, 3.05) is 0 Å². The topological polar surface area (TPSA) is 62.0 Å². The van der Waals surface area contributed by atoms with Crippen LogP contribution in [0.15, 0.2) is 24.3 Å². The Kier molecular flexibility index (Phi) is 2.78. The number of hydrogen-bond acceptors (Lipinski definition) is 4. The minimum Gasteiger partial charge on any atom is -0.710 e. The van der Waals surface area contributed by atoms with E-state index >= 15 is 0 Å². The van der Waals surface area contributed by atoms with Crippen LogP contribution >= 0.6 is 0 Å². The van der Waals surface area contributed by atoms with E-state index in [0.29, 0.717) is 17.0 Å². The van der Waals surface area contributed by atoms with E-state index in [1.807, 2.05) is 27.7 Å². The van der Waals surface area contributed by atoms with Crippen LogP contribution in [-0.4, -0.2) is 10.2 Å². The second kappa shape index (κ2) is 4.21. The lowest BCUT2D eigenvalue weighted by Gasteiger charge is -2.23. The monoisotopic (exact) mass is 289 g/mol. The molecule has 0 bridgehead atoms. The van der Waals surface area contributed by atoms with Gasteiger partial charge in [-0.3, -0.25) is 0 Å². The zero-order chi connectivity index (χ0) is 15.4. The normalized spacial score (nSPS) is 18.5. The van der Waals surface area contributed by atoms with Gasteiger partial charge in [-0.15, -0.1) is 0 Å². The van der Waals surface area contributed by atoms with Gasteiger partial charge in [-0.1, -0.05) is 0 Å². The summed E-state index contributed by atoms with van der Waals surface area (Å²) in [4.78, 5) is 0. The molecule has 2 aromatic rings. The Morgan fingerprint density at radius 2 is 1.67 bits per heavy atom. The van der Waals surface area contributed by atoms with Crippen LogP contribution in [-0.2, 0) is 15.9 Å². The van der Waals surface area contributed by atoms with Crippen molar-refractivity contribution >= 4 is 0 Å². The third-order valence-electron chi connectivity index (χ3n) is 3.62. The quantitative estimate of drug-likeness (QED) is 0.597. The van der Waals surface area contributed by atoms with E-state index in [-0.39, 0.29) is 11.6 Å². The summed E-state index contributed by atoms with van der Waals surface area (Å²) in [6.45, 7) is 7.36. The van der Waals surface area contributed by atoms with Crippen molar-refractivity contribution in [1.82, 2.24) is 10.2 Å². The highest BCUT2D eigenvalue weighted by atomic mass is 19.1. The number of hydrogen-bond donors (Lipinski definition) is 0. The van der Waals surface area contributed by atoms with E-state index in [1.54, 1.807) is 0 Å². The van der Waals surface area contributed by atoms with Crippen LogP contribution in [0.2, 0.25) is 0 Å². The Balaban J connectivity index is 2.22. The van der Waals surface area contributed by atoms with Crippen LogP contribution in [0, 0.1) is 11.0 Å². The minimum absolute atomic E-state index is 0.142. The first-order valence-electron chi connectivity index (χ1n) is 6.70. The highest BCUT2D eigenvalue weighted by molar-refractivity contribution is 5.51. The average Bonchev–Trinajstić information content (AvgIpc) is 2.57. The summed E-state index contributed by atoms with van der Waals surface area (Å²) in [6, 6.07) is 5.59. The molecule has 0 amide bonds. The lowest BCUT2D eigenvalue weighted by atomic mass is 10.0. The first-order valence-corrected chi connectivity index (χ1v) is 6.70. The highest BCUT2D eigenvalue weighted by Crippen LogP contribution is 2.43. The number of rotatable bonds is 1. The van der Waals surface area contributed by atoms with E-state index in [9.17, 15) is 9.60 Å².